The van der Waals surface area contributed by atoms with Crippen molar-refractivity contribution in [3.05, 3.63) is 72.7 Å². The molecule has 2 heterocycles. The summed E-state index contributed by atoms with van der Waals surface area (Å²) in [6, 6.07) is 10.9. The van der Waals surface area contributed by atoms with Crippen LogP contribution in [-0.4, -0.2) is 29.1 Å². The number of hydrogen-bond donors (Lipinski definition) is 1. The molecule has 4 rings (SSSR count). The lowest BCUT2D eigenvalue weighted by atomic mass is 10.1. The minimum atomic E-state index is -4.86. The van der Waals surface area contributed by atoms with Crippen LogP contribution >= 0.6 is 0 Å². The highest BCUT2D eigenvalue weighted by Gasteiger charge is 2.31. The van der Waals surface area contributed by atoms with Crippen LogP contribution < -0.4 is 9.46 Å². The first-order valence-corrected chi connectivity index (χ1v) is 10.4. The normalized spacial score (nSPS) is 12.1. The molecule has 0 saturated carbocycles. The molecule has 11 heteroatoms. The molecular formula is C20H15F3N4O3S. The summed E-state index contributed by atoms with van der Waals surface area (Å²) in [4.78, 5) is 8.37. The number of nitrogens with one attached hydrogen (secondary N) is 1. The van der Waals surface area contributed by atoms with Crippen molar-refractivity contribution in [1.82, 2.24) is 14.4 Å². The first-order chi connectivity index (χ1) is 14.6. The predicted molar refractivity (Wildman–Crippen MR) is 107 cm³/mol. The van der Waals surface area contributed by atoms with Gasteiger partial charge in [0, 0.05) is 24.2 Å². The number of nitrogens with zero attached hydrogens (tertiary/aromatic N) is 3. The number of aromatic nitrogens is 3. The topological polar surface area (TPSA) is 85.6 Å². The zero-order chi connectivity index (χ0) is 22.2. The van der Waals surface area contributed by atoms with Gasteiger partial charge in [0.1, 0.15) is 5.75 Å². The Bertz CT molecular complexity index is 1320. The number of imidazole rings is 1. The molecule has 7 nitrogen and oxygen atoms in total. The molecule has 0 amide bonds. The zero-order valence-electron chi connectivity index (χ0n) is 16.0. The van der Waals surface area contributed by atoms with Gasteiger partial charge < -0.3 is 4.74 Å². The van der Waals surface area contributed by atoms with Crippen LogP contribution in [0.3, 0.4) is 0 Å². The Morgan fingerprint density at radius 1 is 1.10 bits per heavy atom. The molecule has 0 aliphatic carbocycles. The number of aryl methyl sites for hydroxylation is 1. The lowest BCUT2D eigenvalue weighted by Crippen LogP contribution is -2.17. The van der Waals surface area contributed by atoms with Gasteiger partial charge in [-0.1, -0.05) is 12.1 Å². The summed E-state index contributed by atoms with van der Waals surface area (Å²) in [6.45, 7) is 1.73. The van der Waals surface area contributed by atoms with E-state index in [2.05, 4.69) is 19.4 Å². The number of hydrogen-bond acceptors (Lipinski definition) is 5. The van der Waals surface area contributed by atoms with E-state index in [1.54, 1.807) is 54.2 Å². The summed E-state index contributed by atoms with van der Waals surface area (Å²) < 4.78 is 70.3. The van der Waals surface area contributed by atoms with E-state index in [-0.39, 0.29) is 4.90 Å². The van der Waals surface area contributed by atoms with Crippen molar-refractivity contribution in [2.75, 3.05) is 4.72 Å². The maximum Gasteiger partial charge on any atom is 0.573 e. The zero-order valence-corrected chi connectivity index (χ0v) is 16.8. The van der Waals surface area contributed by atoms with Crippen LogP contribution in [-0.2, 0) is 10.0 Å². The highest BCUT2D eigenvalue weighted by Crippen LogP contribution is 2.28. The van der Waals surface area contributed by atoms with Crippen molar-refractivity contribution < 1.29 is 26.3 Å². The van der Waals surface area contributed by atoms with Gasteiger partial charge in [-0.15, -0.1) is 13.2 Å². The predicted octanol–water partition coefficient (Wildman–Crippen LogP) is 4.40. The van der Waals surface area contributed by atoms with E-state index in [1.807, 2.05) is 0 Å². The van der Waals surface area contributed by atoms with E-state index < -0.39 is 22.1 Å². The summed E-state index contributed by atoms with van der Waals surface area (Å²) in [7, 11) is -4.04. The molecule has 0 aliphatic heterocycles. The van der Waals surface area contributed by atoms with Crippen LogP contribution in [0.5, 0.6) is 5.75 Å². The van der Waals surface area contributed by atoms with Crippen LogP contribution in [0.15, 0.2) is 72.0 Å². The van der Waals surface area contributed by atoms with Gasteiger partial charge in [0.15, 0.2) is 0 Å². The molecule has 2 aromatic carbocycles. The van der Waals surface area contributed by atoms with Crippen molar-refractivity contribution in [3.63, 3.8) is 0 Å². The molecular weight excluding hydrogens is 433 g/mol. The Morgan fingerprint density at radius 3 is 2.52 bits per heavy atom. The van der Waals surface area contributed by atoms with E-state index >= 15 is 0 Å². The number of benzene rings is 2. The summed E-state index contributed by atoms with van der Waals surface area (Å²) in [6.07, 6.45) is 0.322. The van der Waals surface area contributed by atoms with Gasteiger partial charge in [-0.2, -0.15) is 0 Å². The quantitative estimate of drug-likeness (QED) is 0.489. The van der Waals surface area contributed by atoms with Gasteiger partial charge >= 0.3 is 6.36 Å². The fraction of sp³-hybridized carbons (Fsp3) is 0.100. The van der Waals surface area contributed by atoms with Gasteiger partial charge in [0.25, 0.3) is 10.0 Å². The largest absolute Gasteiger partial charge is 0.573 e. The number of anilines is 1. The minimum absolute atomic E-state index is 0.205. The summed E-state index contributed by atoms with van der Waals surface area (Å²) in [5.41, 5.74) is 2.25. The molecule has 160 valence electrons. The van der Waals surface area contributed by atoms with E-state index in [4.69, 9.17) is 0 Å². The number of halogens is 3. The lowest BCUT2D eigenvalue weighted by molar-refractivity contribution is -0.274. The third-order valence-electron chi connectivity index (χ3n) is 4.38. The van der Waals surface area contributed by atoms with Crippen molar-refractivity contribution >= 4 is 21.5 Å². The van der Waals surface area contributed by atoms with E-state index in [9.17, 15) is 21.6 Å². The Labute approximate surface area is 175 Å². The van der Waals surface area contributed by atoms with Gasteiger partial charge in [-0.3, -0.25) is 9.12 Å². The Hall–Kier alpha value is -3.60. The van der Waals surface area contributed by atoms with Crippen LogP contribution in [0, 0.1) is 6.92 Å². The molecule has 31 heavy (non-hydrogen) atoms. The van der Waals surface area contributed by atoms with Crippen molar-refractivity contribution in [1.29, 1.82) is 0 Å². The molecule has 4 aromatic rings. The standard InChI is InChI=1S/C20H15F3N4O3S/c1-13-3-4-14(18-12-27-10-2-9-24-19(27)25-18)11-17(13)26-31(28,29)16-7-5-15(6-8-16)30-20(21,22)23/h2-12,26H,1H3. The number of fused-ring (bicyclic) bond motifs is 1. The van der Waals surface area contributed by atoms with E-state index in [0.29, 0.717) is 28.3 Å². The molecule has 0 radical (unpaired) electrons. The molecule has 0 unspecified atom stereocenters. The number of rotatable bonds is 5. The highest BCUT2D eigenvalue weighted by molar-refractivity contribution is 7.92. The maximum atomic E-state index is 12.7. The van der Waals surface area contributed by atoms with E-state index in [1.165, 1.54) is 0 Å². The van der Waals surface area contributed by atoms with Crippen LogP contribution in [0.25, 0.3) is 17.0 Å². The maximum absolute atomic E-state index is 12.7. The third-order valence-corrected chi connectivity index (χ3v) is 5.76. The van der Waals surface area contributed by atoms with Crippen LogP contribution in [0.1, 0.15) is 5.56 Å². The highest BCUT2D eigenvalue weighted by atomic mass is 32.2. The first kappa shape index (κ1) is 20.7. The minimum Gasteiger partial charge on any atom is -0.406 e. The Morgan fingerprint density at radius 2 is 1.84 bits per heavy atom. The second-order valence-electron chi connectivity index (χ2n) is 6.61. The Balaban J connectivity index is 1.61. The van der Waals surface area contributed by atoms with Gasteiger partial charge in [0.2, 0.25) is 5.78 Å². The van der Waals surface area contributed by atoms with Crippen LogP contribution in [0.4, 0.5) is 18.9 Å². The molecule has 0 saturated heterocycles. The summed E-state index contributed by atoms with van der Waals surface area (Å²) >= 11 is 0. The Kier molecular flexibility index (Phi) is 5.05. The molecule has 0 atom stereocenters. The number of ether oxygens (including phenoxy) is 1. The second kappa shape index (κ2) is 7.58. The molecule has 0 aliphatic rings. The monoisotopic (exact) mass is 448 g/mol. The van der Waals surface area contributed by atoms with Crippen molar-refractivity contribution in [2.24, 2.45) is 0 Å². The average molecular weight is 448 g/mol. The first-order valence-electron chi connectivity index (χ1n) is 8.90. The van der Waals surface area contributed by atoms with Crippen molar-refractivity contribution in [2.45, 2.75) is 18.2 Å². The second-order valence-corrected chi connectivity index (χ2v) is 8.29. The summed E-state index contributed by atoms with van der Waals surface area (Å²) in [5, 5.41) is 0. The molecule has 0 spiro atoms. The molecule has 1 N–H and O–H groups in total. The molecule has 0 bridgehead atoms. The van der Waals surface area contributed by atoms with Crippen molar-refractivity contribution in [3.8, 4) is 17.0 Å². The molecule has 2 aromatic heterocycles. The molecule has 0 fully saturated rings. The van der Waals surface area contributed by atoms with Gasteiger partial charge in [-0.25, -0.2) is 18.4 Å². The van der Waals surface area contributed by atoms with E-state index in [0.717, 1.165) is 24.3 Å². The smallest absolute Gasteiger partial charge is 0.406 e. The number of sulfonamides is 1. The third kappa shape index (κ3) is 4.61. The average Bonchev–Trinajstić information content (AvgIpc) is 3.13. The lowest BCUT2D eigenvalue weighted by Gasteiger charge is -2.13. The number of alkyl halides is 3. The van der Waals surface area contributed by atoms with Crippen LogP contribution in [0.2, 0.25) is 0 Å². The summed E-state index contributed by atoms with van der Waals surface area (Å²) in [5.74, 6) is -0.00791. The van der Waals surface area contributed by atoms with Gasteiger partial charge in [-0.05, 0) is 48.9 Å². The SMILES string of the molecule is Cc1ccc(-c2cn3cccnc3n2)cc1NS(=O)(=O)c1ccc(OC(F)(F)F)cc1. The van der Waals surface area contributed by atoms with Gasteiger partial charge in [0.05, 0.1) is 16.3 Å². The fourth-order valence-corrected chi connectivity index (χ4v) is 4.01. The fourth-order valence-electron chi connectivity index (χ4n) is 2.88.